The Kier molecular flexibility index (Phi) is 9.91. The summed E-state index contributed by atoms with van der Waals surface area (Å²) in [5, 5.41) is 2.85. The molecule has 5 aromatic rings. The Bertz CT molecular complexity index is 2260. The number of methoxy groups -OCH3 is 1. The maximum Gasteiger partial charge on any atom is 0.338 e. The topological polar surface area (TPSA) is 88.4 Å². The fourth-order valence-electron chi connectivity index (χ4n) is 5.75. The molecule has 0 spiro atoms. The maximum absolute atomic E-state index is 14.4. The zero-order valence-electron chi connectivity index (χ0n) is 26.7. The van der Waals surface area contributed by atoms with Gasteiger partial charge in [-0.15, -0.1) is 0 Å². The highest BCUT2D eigenvalue weighted by molar-refractivity contribution is 7.07. The van der Waals surface area contributed by atoms with E-state index in [4.69, 9.17) is 47.1 Å². The van der Waals surface area contributed by atoms with Gasteiger partial charge < -0.3 is 18.9 Å². The zero-order chi connectivity index (χ0) is 33.9. The summed E-state index contributed by atoms with van der Waals surface area (Å²) < 4.78 is 25.3. The Morgan fingerprint density at radius 3 is 2.50 bits per heavy atom. The van der Waals surface area contributed by atoms with E-state index < -0.39 is 12.0 Å². The highest BCUT2D eigenvalue weighted by atomic mass is 35.5. The van der Waals surface area contributed by atoms with Crippen LogP contribution in [0.15, 0.2) is 93.9 Å². The Labute approximate surface area is 291 Å². The van der Waals surface area contributed by atoms with Gasteiger partial charge in [0.1, 0.15) is 18.4 Å². The second-order valence-electron chi connectivity index (χ2n) is 10.9. The molecule has 48 heavy (non-hydrogen) atoms. The number of carbonyl (C=O) groups excluding carboxylic acids is 1. The first-order chi connectivity index (χ1) is 23.2. The van der Waals surface area contributed by atoms with E-state index in [-0.39, 0.29) is 24.3 Å². The molecule has 1 aliphatic heterocycles. The molecule has 0 fully saturated rings. The molecule has 0 amide bonds. The largest absolute Gasteiger partial charge is 0.496 e. The van der Waals surface area contributed by atoms with Gasteiger partial charge in [-0.25, -0.2) is 9.79 Å². The molecule has 1 aromatic heterocycles. The van der Waals surface area contributed by atoms with Crippen LogP contribution in [0, 0.1) is 0 Å². The summed E-state index contributed by atoms with van der Waals surface area (Å²) in [4.78, 5) is 33.1. The second-order valence-corrected chi connectivity index (χ2v) is 12.7. The Morgan fingerprint density at radius 2 is 1.75 bits per heavy atom. The molecule has 1 aliphatic rings. The predicted octanol–water partition coefficient (Wildman–Crippen LogP) is 7.24. The lowest BCUT2D eigenvalue weighted by molar-refractivity contribution is -0.139. The van der Waals surface area contributed by atoms with Crippen LogP contribution in [0.25, 0.3) is 16.8 Å². The van der Waals surface area contributed by atoms with Gasteiger partial charge in [-0.3, -0.25) is 9.36 Å². The number of benzene rings is 4. The standard InChI is InChI=1S/C37H32Cl2N2O6S/c1-5-45-30-17-22(11-15-28(30)47-20-24-12-14-25(38)19-27(24)39)18-31-35(42)41-34(32(36(43)46-6-2)21(3)40-37(41)48-31)33-26-10-8-7-9-23(26)13-16-29(33)44-4/h7-19,34H,5-6,20H2,1-4H3/b31-18+/t34-/m0/s1. The van der Waals surface area contributed by atoms with Crippen LogP contribution in [-0.4, -0.2) is 30.9 Å². The number of ether oxygens (including phenoxy) is 4. The lowest BCUT2D eigenvalue weighted by atomic mass is 9.90. The van der Waals surface area contributed by atoms with E-state index in [1.54, 1.807) is 49.8 Å². The van der Waals surface area contributed by atoms with Crippen molar-refractivity contribution in [3.05, 3.63) is 130 Å². The Hall–Kier alpha value is -4.57. The van der Waals surface area contributed by atoms with Crippen molar-refractivity contribution >= 4 is 57.4 Å². The molecule has 0 bridgehead atoms. The predicted molar refractivity (Wildman–Crippen MR) is 189 cm³/mol. The van der Waals surface area contributed by atoms with E-state index in [0.717, 1.165) is 21.9 Å². The number of rotatable bonds is 10. The second kappa shape index (κ2) is 14.3. The number of allylic oxidation sites excluding steroid dienone is 1. The molecule has 4 aromatic carbocycles. The third-order valence-corrected chi connectivity index (χ3v) is 9.47. The fourth-order valence-corrected chi connectivity index (χ4v) is 7.26. The monoisotopic (exact) mass is 702 g/mol. The van der Waals surface area contributed by atoms with Crippen LogP contribution in [0.3, 0.4) is 0 Å². The zero-order valence-corrected chi connectivity index (χ0v) is 29.0. The van der Waals surface area contributed by atoms with E-state index in [1.165, 1.54) is 11.3 Å². The van der Waals surface area contributed by atoms with Crippen molar-refractivity contribution in [2.75, 3.05) is 20.3 Å². The number of esters is 1. The smallest absolute Gasteiger partial charge is 0.338 e. The molecule has 6 rings (SSSR count). The van der Waals surface area contributed by atoms with Crippen molar-refractivity contribution in [2.45, 2.75) is 33.4 Å². The van der Waals surface area contributed by atoms with Gasteiger partial charge in [0.25, 0.3) is 5.56 Å². The Balaban J connectivity index is 1.47. The minimum absolute atomic E-state index is 0.175. The van der Waals surface area contributed by atoms with Gasteiger partial charge in [0, 0.05) is 21.2 Å². The summed E-state index contributed by atoms with van der Waals surface area (Å²) in [5.41, 5.74) is 2.64. The maximum atomic E-state index is 14.4. The molecule has 11 heteroatoms. The van der Waals surface area contributed by atoms with Crippen LogP contribution < -0.4 is 29.1 Å². The normalized spacial score (nSPS) is 14.5. The van der Waals surface area contributed by atoms with Gasteiger partial charge in [0.05, 0.1) is 36.1 Å². The van der Waals surface area contributed by atoms with Crippen molar-refractivity contribution < 1.29 is 23.7 Å². The third kappa shape index (κ3) is 6.45. The number of thiazole rings is 1. The first-order valence-electron chi connectivity index (χ1n) is 15.3. The number of hydrogen-bond donors (Lipinski definition) is 0. The quantitative estimate of drug-likeness (QED) is 0.143. The fraction of sp³-hybridized carbons (Fsp3) is 0.216. The first-order valence-corrected chi connectivity index (χ1v) is 16.9. The minimum Gasteiger partial charge on any atom is -0.496 e. The summed E-state index contributed by atoms with van der Waals surface area (Å²) in [6.45, 7) is 6.19. The minimum atomic E-state index is -0.835. The van der Waals surface area contributed by atoms with Crippen LogP contribution in [-0.2, 0) is 16.1 Å². The molecule has 246 valence electrons. The molecule has 0 N–H and O–H groups in total. The van der Waals surface area contributed by atoms with E-state index in [1.807, 2.05) is 61.5 Å². The first kappa shape index (κ1) is 33.3. The van der Waals surface area contributed by atoms with Gasteiger partial charge in [-0.1, -0.05) is 77.0 Å². The molecule has 8 nitrogen and oxygen atoms in total. The summed E-state index contributed by atoms with van der Waals surface area (Å²) in [7, 11) is 1.57. The van der Waals surface area contributed by atoms with Crippen LogP contribution in [0.1, 0.15) is 43.5 Å². The summed E-state index contributed by atoms with van der Waals surface area (Å²) >= 11 is 13.6. The lowest BCUT2D eigenvalue weighted by Crippen LogP contribution is -2.40. The average Bonchev–Trinajstić information content (AvgIpc) is 3.37. The molecule has 0 unspecified atom stereocenters. The molecule has 0 radical (unpaired) electrons. The van der Waals surface area contributed by atoms with Crippen LogP contribution in [0.2, 0.25) is 10.0 Å². The van der Waals surface area contributed by atoms with Crippen molar-refractivity contribution in [1.82, 2.24) is 4.57 Å². The molecule has 0 saturated carbocycles. The molecular formula is C37H32Cl2N2O6S. The van der Waals surface area contributed by atoms with E-state index >= 15 is 0 Å². The summed E-state index contributed by atoms with van der Waals surface area (Å²) in [6.07, 6.45) is 1.78. The van der Waals surface area contributed by atoms with Gasteiger partial charge in [0.2, 0.25) is 0 Å². The summed E-state index contributed by atoms with van der Waals surface area (Å²) in [5.74, 6) is 1.05. The average molecular weight is 704 g/mol. The van der Waals surface area contributed by atoms with Crippen molar-refractivity contribution in [2.24, 2.45) is 4.99 Å². The number of nitrogens with zero attached hydrogens (tertiary/aromatic N) is 2. The van der Waals surface area contributed by atoms with Gasteiger partial charge in [-0.2, -0.15) is 0 Å². The number of carbonyl (C=O) groups is 1. The van der Waals surface area contributed by atoms with Gasteiger partial charge >= 0.3 is 5.97 Å². The van der Waals surface area contributed by atoms with Gasteiger partial charge in [-0.05, 0) is 73.5 Å². The Morgan fingerprint density at radius 1 is 0.958 bits per heavy atom. The van der Waals surface area contributed by atoms with Crippen molar-refractivity contribution in [3.63, 3.8) is 0 Å². The molecule has 2 heterocycles. The van der Waals surface area contributed by atoms with E-state index in [0.29, 0.717) is 54.5 Å². The number of fused-ring (bicyclic) bond motifs is 2. The van der Waals surface area contributed by atoms with E-state index in [9.17, 15) is 9.59 Å². The lowest BCUT2D eigenvalue weighted by Gasteiger charge is -2.27. The van der Waals surface area contributed by atoms with Crippen molar-refractivity contribution in [3.8, 4) is 17.2 Å². The number of aromatic nitrogens is 1. The third-order valence-electron chi connectivity index (χ3n) is 7.90. The molecule has 0 aliphatic carbocycles. The summed E-state index contributed by atoms with van der Waals surface area (Å²) in [6, 6.07) is 21.5. The molecule has 0 saturated heterocycles. The number of halogens is 2. The van der Waals surface area contributed by atoms with Crippen LogP contribution in [0.5, 0.6) is 17.2 Å². The molecule has 1 atom stereocenters. The van der Waals surface area contributed by atoms with Crippen LogP contribution in [0.4, 0.5) is 0 Å². The number of hydrogen-bond acceptors (Lipinski definition) is 8. The molecular weight excluding hydrogens is 671 g/mol. The highest BCUT2D eigenvalue weighted by Gasteiger charge is 2.36. The van der Waals surface area contributed by atoms with Crippen LogP contribution >= 0.6 is 34.5 Å². The van der Waals surface area contributed by atoms with E-state index in [2.05, 4.69) is 0 Å². The van der Waals surface area contributed by atoms with Crippen molar-refractivity contribution in [1.29, 1.82) is 0 Å². The SMILES string of the molecule is CCOC(=O)C1=C(C)N=c2s/c(=C/c3ccc(OCc4ccc(Cl)cc4Cl)c(OCC)c3)c(=O)n2[C@@H]1c1c(OC)ccc2ccccc12. The highest BCUT2D eigenvalue weighted by Crippen LogP contribution is 2.40. The van der Waals surface area contributed by atoms with Gasteiger partial charge in [0.15, 0.2) is 16.3 Å².